The standard InChI is InChI=1S/C15H20N4OS2/c1-11-13(18-10-17-11)9-22-8-7-16-15(21)19-12-5-3-4-6-14(12)20-2/h3-6,10H,7-9H2,1-2H3,(H,17,18)(H2,16,19,21). The van der Waals surface area contributed by atoms with Crippen molar-refractivity contribution in [2.75, 3.05) is 24.7 Å². The van der Waals surface area contributed by atoms with Crippen molar-refractivity contribution in [3.05, 3.63) is 42.0 Å². The van der Waals surface area contributed by atoms with Crippen LogP contribution in [0.2, 0.25) is 0 Å². The monoisotopic (exact) mass is 336 g/mol. The quantitative estimate of drug-likeness (QED) is 0.534. The highest BCUT2D eigenvalue weighted by atomic mass is 32.2. The van der Waals surface area contributed by atoms with Gasteiger partial charge in [-0.3, -0.25) is 0 Å². The third kappa shape index (κ3) is 4.92. The number of ether oxygens (including phenoxy) is 1. The average molecular weight is 336 g/mol. The predicted molar refractivity (Wildman–Crippen MR) is 96.7 cm³/mol. The summed E-state index contributed by atoms with van der Waals surface area (Å²) in [4.78, 5) is 7.36. The molecule has 0 aliphatic heterocycles. The van der Waals surface area contributed by atoms with Crippen LogP contribution < -0.4 is 15.4 Å². The molecule has 7 heteroatoms. The first kappa shape index (κ1) is 16.6. The summed E-state index contributed by atoms with van der Waals surface area (Å²) in [5.74, 6) is 2.64. The van der Waals surface area contributed by atoms with Crippen molar-refractivity contribution in [1.82, 2.24) is 15.3 Å². The van der Waals surface area contributed by atoms with Crippen LogP contribution in [-0.4, -0.2) is 34.5 Å². The molecule has 22 heavy (non-hydrogen) atoms. The first-order chi connectivity index (χ1) is 10.7. The second-order valence-electron chi connectivity index (χ2n) is 4.61. The molecule has 2 rings (SSSR count). The van der Waals surface area contributed by atoms with Gasteiger partial charge in [0.1, 0.15) is 5.75 Å². The number of hydrogen-bond acceptors (Lipinski definition) is 4. The van der Waals surface area contributed by atoms with Gasteiger partial charge in [-0.25, -0.2) is 4.98 Å². The fraction of sp³-hybridized carbons (Fsp3) is 0.333. The van der Waals surface area contributed by atoms with E-state index in [9.17, 15) is 0 Å². The molecule has 0 unspecified atom stereocenters. The van der Waals surface area contributed by atoms with Gasteiger partial charge in [0.2, 0.25) is 0 Å². The van der Waals surface area contributed by atoms with E-state index in [2.05, 4.69) is 20.6 Å². The normalized spacial score (nSPS) is 10.3. The number of thiocarbonyl (C=S) groups is 1. The smallest absolute Gasteiger partial charge is 0.170 e. The molecule has 2 aromatic rings. The molecule has 1 aromatic heterocycles. The number of methoxy groups -OCH3 is 1. The highest BCUT2D eigenvalue weighted by Gasteiger charge is 2.04. The minimum atomic E-state index is 0.598. The number of H-pyrrole nitrogens is 1. The van der Waals surface area contributed by atoms with Gasteiger partial charge in [0, 0.05) is 23.7 Å². The van der Waals surface area contributed by atoms with Crippen molar-refractivity contribution in [2.45, 2.75) is 12.7 Å². The fourth-order valence-electron chi connectivity index (χ4n) is 1.85. The predicted octanol–water partition coefficient (Wildman–Crippen LogP) is 2.95. The van der Waals surface area contributed by atoms with Crippen LogP contribution in [0.3, 0.4) is 0 Å². The first-order valence-electron chi connectivity index (χ1n) is 6.95. The van der Waals surface area contributed by atoms with Crippen LogP contribution in [0.15, 0.2) is 30.6 Å². The lowest BCUT2D eigenvalue weighted by atomic mass is 10.3. The molecular formula is C15H20N4OS2. The molecule has 0 aliphatic rings. The summed E-state index contributed by atoms with van der Waals surface area (Å²) in [5, 5.41) is 6.93. The van der Waals surface area contributed by atoms with Gasteiger partial charge >= 0.3 is 0 Å². The zero-order chi connectivity index (χ0) is 15.8. The van der Waals surface area contributed by atoms with Crippen LogP contribution in [0.1, 0.15) is 11.4 Å². The van der Waals surface area contributed by atoms with Gasteiger partial charge in [0.15, 0.2) is 5.11 Å². The Morgan fingerprint density at radius 2 is 2.23 bits per heavy atom. The molecule has 0 atom stereocenters. The Morgan fingerprint density at radius 3 is 2.95 bits per heavy atom. The number of aromatic nitrogens is 2. The van der Waals surface area contributed by atoms with Gasteiger partial charge in [0.05, 0.1) is 24.8 Å². The SMILES string of the molecule is COc1ccccc1NC(=S)NCCSCc1nc[nH]c1C. The van der Waals surface area contributed by atoms with E-state index in [1.807, 2.05) is 43.0 Å². The first-order valence-corrected chi connectivity index (χ1v) is 8.51. The molecule has 0 bridgehead atoms. The maximum atomic E-state index is 5.29. The Kier molecular flexibility index (Phi) is 6.54. The van der Waals surface area contributed by atoms with Crippen molar-refractivity contribution >= 4 is 34.8 Å². The Hall–Kier alpha value is -1.73. The molecule has 0 saturated heterocycles. The molecule has 0 amide bonds. The van der Waals surface area contributed by atoms with Crippen LogP contribution in [0.25, 0.3) is 0 Å². The van der Waals surface area contributed by atoms with Gasteiger partial charge in [-0.05, 0) is 31.3 Å². The van der Waals surface area contributed by atoms with Crippen LogP contribution in [0.4, 0.5) is 5.69 Å². The molecule has 0 fully saturated rings. The van der Waals surface area contributed by atoms with Crippen LogP contribution >= 0.6 is 24.0 Å². The molecule has 0 aliphatic carbocycles. The number of benzene rings is 1. The van der Waals surface area contributed by atoms with Crippen molar-refractivity contribution in [3.8, 4) is 5.75 Å². The van der Waals surface area contributed by atoms with Crippen LogP contribution in [-0.2, 0) is 5.75 Å². The molecule has 3 N–H and O–H groups in total. The summed E-state index contributed by atoms with van der Waals surface area (Å²) in [6.45, 7) is 2.84. The highest BCUT2D eigenvalue weighted by molar-refractivity contribution is 7.98. The van der Waals surface area contributed by atoms with Crippen molar-refractivity contribution in [2.24, 2.45) is 0 Å². The molecule has 0 saturated carbocycles. The second-order valence-corrected chi connectivity index (χ2v) is 6.12. The number of nitrogens with one attached hydrogen (secondary N) is 3. The molecule has 0 radical (unpaired) electrons. The largest absolute Gasteiger partial charge is 0.495 e. The molecule has 1 heterocycles. The van der Waals surface area contributed by atoms with E-state index in [0.717, 1.165) is 40.9 Å². The summed E-state index contributed by atoms with van der Waals surface area (Å²) in [7, 11) is 1.64. The number of hydrogen-bond donors (Lipinski definition) is 3. The van der Waals surface area contributed by atoms with Gasteiger partial charge in [-0.15, -0.1) is 0 Å². The van der Waals surface area contributed by atoms with Crippen molar-refractivity contribution in [1.29, 1.82) is 0 Å². The zero-order valence-electron chi connectivity index (χ0n) is 12.7. The zero-order valence-corrected chi connectivity index (χ0v) is 14.3. The fourth-order valence-corrected chi connectivity index (χ4v) is 2.94. The maximum absolute atomic E-state index is 5.29. The van der Waals surface area contributed by atoms with Crippen molar-refractivity contribution < 1.29 is 4.74 Å². The number of thioether (sulfide) groups is 1. The third-order valence-electron chi connectivity index (χ3n) is 3.06. The lowest BCUT2D eigenvalue weighted by Gasteiger charge is -2.13. The minimum Gasteiger partial charge on any atom is -0.495 e. The lowest BCUT2D eigenvalue weighted by Crippen LogP contribution is -2.30. The third-order valence-corrected chi connectivity index (χ3v) is 4.28. The van der Waals surface area contributed by atoms with Gasteiger partial charge in [-0.2, -0.15) is 11.8 Å². The molecule has 118 valence electrons. The summed E-state index contributed by atoms with van der Waals surface area (Å²) < 4.78 is 5.28. The number of nitrogens with zero attached hydrogens (tertiary/aromatic N) is 1. The Morgan fingerprint density at radius 1 is 1.41 bits per heavy atom. The summed E-state index contributed by atoms with van der Waals surface area (Å²) in [6.07, 6.45) is 1.73. The number of aromatic amines is 1. The average Bonchev–Trinajstić information content (AvgIpc) is 2.93. The number of para-hydroxylation sites is 2. The number of rotatable bonds is 7. The van der Waals surface area contributed by atoms with E-state index in [-0.39, 0.29) is 0 Å². The Balaban J connectivity index is 1.66. The summed E-state index contributed by atoms with van der Waals surface area (Å²) in [6, 6.07) is 7.69. The van der Waals surface area contributed by atoms with Crippen LogP contribution in [0, 0.1) is 6.92 Å². The lowest BCUT2D eigenvalue weighted by molar-refractivity contribution is 0.417. The van der Waals surface area contributed by atoms with Crippen LogP contribution in [0.5, 0.6) is 5.75 Å². The van der Waals surface area contributed by atoms with E-state index in [4.69, 9.17) is 17.0 Å². The molecule has 1 aromatic carbocycles. The number of aryl methyl sites for hydroxylation is 1. The molecule has 5 nitrogen and oxygen atoms in total. The topological polar surface area (TPSA) is 62.0 Å². The van der Waals surface area contributed by atoms with Gasteiger partial charge in [0.25, 0.3) is 0 Å². The van der Waals surface area contributed by atoms with E-state index in [0.29, 0.717) is 5.11 Å². The van der Waals surface area contributed by atoms with E-state index in [1.54, 1.807) is 13.4 Å². The van der Waals surface area contributed by atoms with Crippen molar-refractivity contribution in [3.63, 3.8) is 0 Å². The highest BCUT2D eigenvalue weighted by Crippen LogP contribution is 2.22. The summed E-state index contributed by atoms with van der Waals surface area (Å²) in [5.41, 5.74) is 3.11. The van der Waals surface area contributed by atoms with E-state index >= 15 is 0 Å². The van der Waals surface area contributed by atoms with Gasteiger partial charge < -0.3 is 20.4 Å². The van der Waals surface area contributed by atoms with Gasteiger partial charge in [-0.1, -0.05) is 12.1 Å². The van der Waals surface area contributed by atoms with E-state index in [1.165, 1.54) is 0 Å². The number of imidazole rings is 1. The second kappa shape index (κ2) is 8.65. The summed E-state index contributed by atoms with van der Waals surface area (Å²) >= 11 is 7.11. The minimum absolute atomic E-state index is 0.598. The molecule has 0 spiro atoms. The Bertz CT molecular complexity index is 615. The number of anilines is 1. The van der Waals surface area contributed by atoms with E-state index < -0.39 is 0 Å². The maximum Gasteiger partial charge on any atom is 0.170 e. The Labute approximate surface area is 140 Å². The molecular weight excluding hydrogens is 316 g/mol.